The lowest BCUT2D eigenvalue weighted by Crippen LogP contribution is -2.06. The molecule has 1 heterocycles. The van der Waals surface area contributed by atoms with Crippen LogP contribution in [0, 0.1) is 0 Å². The van der Waals surface area contributed by atoms with E-state index in [9.17, 15) is 0 Å². The second kappa shape index (κ2) is 6.36. The maximum atomic E-state index is 6.08. The molecule has 0 atom stereocenters. The molecule has 0 aliphatic rings. The minimum Gasteiger partial charge on any atom is -0.354 e. The average Bonchev–Trinajstić information content (AvgIpc) is 2.33. The van der Waals surface area contributed by atoms with E-state index in [1.165, 1.54) is 0 Å². The molecule has 19 heavy (non-hydrogen) atoms. The molecule has 0 radical (unpaired) electrons. The molecule has 0 amide bonds. The number of hydrogen-bond acceptors (Lipinski definition) is 5. The molecule has 5 nitrogen and oxygen atoms in total. The van der Waals surface area contributed by atoms with Gasteiger partial charge in [-0.15, -0.1) is 0 Å². The first-order valence-electron chi connectivity index (χ1n) is 5.46. The predicted molar refractivity (Wildman–Crippen MR) is 81.4 cm³/mol. The molecule has 1 aromatic heterocycles. The van der Waals surface area contributed by atoms with Gasteiger partial charge in [-0.05, 0) is 36.7 Å². The third kappa shape index (κ3) is 3.92. The van der Waals surface area contributed by atoms with Gasteiger partial charge in [0.25, 0.3) is 0 Å². The lowest BCUT2D eigenvalue weighted by atomic mass is 10.3. The number of nitrogens with one attached hydrogen (secondary N) is 2. The quantitative estimate of drug-likeness (QED) is 0.856. The van der Waals surface area contributed by atoms with Crippen LogP contribution in [0.25, 0.3) is 0 Å². The van der Waals surface area contributed by atoms with E-state index in [4.69, 9.17) is 23.2 Å². The molecule has 1 aromatic carbocycles. The largest absolute Gasteiger partial charge is 0.354 e. The Morgan fingerprint density at radius 3 is 2.63 bits per heavy atom. The zero-order chi connectivity index (χ0) is 13.8. The average molecular weight is 363 g/mol. The fourth-order valence-corrected chi connectivity index (χ4v) is 2.04. The smallest absolute Gasteiger partial charge is 0.233 e. The fourth-order valence-electron chi connectivity index (χ4n) is 1.36. The highest BCUT2D eigenvalue weighted by Crippen LogP contribution is 2.27. The van der Waals surface area contributed by atoms with Gasteiger partial charge in [-0.1, -0.05) is 27.5 Å². The normalized spacial score (nSPS) is 10.3. The predicted octanol–water partition coefficient (Wildman–Crippen LogP) is 4.12. The summed E-state index contributed by atoms with van der Waals surface area (Å²) in [7, 11) is 0. The SMILES string of the molecule is CCNc1nc(Cl)nc(Nc2cc(Br)ccc2Cl)n1. The van der Waals surface area contributed by atoms with Crippen molar-refractivity contribution in [3.05, 3.63) is 33.0 Å². The Morgan fingerprint density at radius 1 is 1.16 bits per heavy atom. The third-order valence-corrected chi connectivity index (χ3v) is 3.11. The number of nitrogens with zero attached hydrogens (tertiary/aromatic N) is 3. The zero-order valence-electron chi connectivity index (χ0n) is 9.91. The Kier molecular flexibility index (Phi) is 4.79. The summed E-state index contributed by atoms with van der Waals surface area (Å²) in [5, 5.41) is 6.65. The molecule has 2 rings (SSSR count). The highest BCUT2D eigenvalue weighted by molar-refractivity contribution is 9.10. The van der Waals surface area contributed by atoms with E-state index in [1.54, 1.807) is 6.07 Å². The first kappa shape index (κ1) is 14.3. The highest BCUT2D eigenvalue weighted by Gasteiger charge is 2.07. The summed E-state index contributed by atoms with van der Waals surface area (Å²) >= 11 is 15.3. The molecular weight excluding hydrogens is 353 g/mol. The van der Waals surface area contributed by atoms with Crippen LogP contribution in [0.3, 0.4) is 0 Å². The summed E-state index contributed by atoms with van der Waals surface area (Å²) in [6.45, 7) is 2.63. The molecule has 8 heteroatoms. The van der Waals surface area contributed by atoms with E-state index in [-0.39, 0.29) is 5.28 Å². The summed E-state index contributed by atoms with van der Waals surface area (Å²) in [4.78, 5) is 12.1. The molecule has 0 aliphatic heterocycles. The van der Waals surface area contributed by atoms with E-state index >= 15 is 0 Å². The van der Waals surface area contributed by atoms with Crippen molar-refractivity contribution in [3.63, 3.8) is 0 Å². The van der Waals surface area contributed by atoms with Gasteiger partial charge >= 0.3 is 0 Å². The van der Waals surface area contributed by atoms with Crippen molar-refractivity contribution in [2.24, 2.45) is 0 Å². The van der Waals surface area contributed by atoms with Crippen molar-refractivity contribution in [2.45, 2.75) is 6.92 Å². The van der Waals surface area contributed by atoms with E-state index in [2.05, 4.69) is 41.5 Å². The summed E-state index contributed by atoms with van der Waals surface area (Å²) < 4.78 is 0.895. The lowest BCUT2D eigenvalue weighted by Gasteiger charge is -2.09. The summed E-state index contributed by atoms with van der Waals surface area (Å²) in [5.41, 5.74) is 0.681. The van der Waals surface area contributed by atoms with Crippen molar-refractivity contribution in [3.8, 4) is 0 Å². The van der Waals surface area contributed by atoms with Crippen molar-refractivity contribution >= 4 is 56.7 Å². The molecule has 2 N–H and O–H groups in total. The molecule has 2 aromatic rings. The van der Waals surface area contributed by atoms with Crippen LogP contribution in [0.15, 0.2) is 22.7 Å². The van der Waals surface area contributed by atoms with E-state index in [0.717, 1.165) is 4.47 Å². The lowest BCUT2D eigenvalue weighted by molar-refractivity contribution is 1.02. The van der Waals surface area contributed by atoms with Gasteiger partial charge < -0.3 is 10.6 Å². The fraction of sp³-hybridized carbons (Fsp3) is 0.182. The molecule has 0 saturated carbocycles. The van der Waals surface area contributed by atoms with Crippen LogP contribution in [0.1, 0.15) is 6.92 Å². The third-order valence-electron chi connectivity index (χ3n) is 2.12. The van der Waals surface area contributed by atoms with Gasteiger partial charge in [-0.2, -0.15) is 15.0 Å². The van der Waals surface area contributed by atoms with Gasteiger partial charge in [0.1, 0.15) is 0 Å². The van der Waals surface area contributed by atoms with Crippen LogP contribution in [0.4, 0.5) is 17.6 Å². The van der Waals surface area contributed by atoms with Crippen LogP contribution in [-0.2, 0) is 0 Å². The molecule has 0 saturated heterocycles. The van der Waals surface area contributed by atoms with Gasteiger partial charge in [0.2, 0.25) is 17.2 Å². The van der Waals surface area contributed by atoms with Crippen molar-refractivity contribution < 1.29 is 0 Å². The highest BCUT2D eigenvalue weighted by atomic mass is 79.9. The molecule has 0 fully saturated rings. The first-order valence-corrected chi connectivity index (χ1v) is 7.01. The maximum absolute atomic E-state index is 6.08. The topological polar surface area (TPSA) is 62.7 Å². The summed E-state index contributed by atoms with van der Waals surface area (Å²) in [6, 6.07) is 5.44. The number of aromatic nitrogens is 3. The summed E-state index contributed by atoms with van der Waals surface area (Å²) in [5.74, 6) is 0.743. The zero-order valence-corrected chi connectivity index (χ0v) is 13.0. The van der Waals surface area contributed by atoms with E-state index in [0.29, 0.717) is 29.2 Å². The van der Waals surface area contributed by atoms with Crippen molar-refractivity contribution in [1.29, 1.82) is 0 Å². The molecular formula is C11H10BrCl2N5. The molecule has 0 aliphatic carbocycles. The minimum atomic E-state index is 0.111. The number of hydrogen-bond donors (Lipinski definition) is 2. The minimum absolute atomic E-state index is 0.111. The number of halogens is 3. The van der Waals surface area contributed by atoms with Crippen LogP contribution in [0.5, 0.6) is 0 Å². The number of benzene rings is 1. The van der Waals surface area contributed by atoms with Gasteiger partial charge in [0.05, 0.1) is 10.7 Å². The molecule has 0 bridgehead atoms. The van der Waals surface area contributed by atoms with Crippen LogP contribution < -0.4 is 10.6 Å². The van der Waals surface area contributed by atoms with Crippen LogP contribution >= 0.6 is 39.1 Å². The second-order valence-corrected chi connectivity index (χ2v) is 5.19. The Hall–Kier alpha value is -1.11. The first-order chi connectivity index (χ1) is 9.08. The van der Waals surface area contributed by atoms with Crippen LogP contribution in [0.2, 0.25) is 10.3 Å². The Bertz CT molecular complexity index is 593. The Morgan fingerprint density at radius 2 is 1.89 bits per heavy atom. The molecule has 0 unspecified atom stereocenters. The maximum Gasteiger partial charge on any atom is 0.233 e. The molecule has 100 valence electrons. The molecule has 0 spiro atoms. The standard InChI is InChI=1S/C11H10BrCl2N5/c1-2-15-10-17-9(14)18-11(19-10)16-8-5-6(12)3-4-7(8)13/h3-5H,2H2,1H3,(H2,15,16,17,18,19). The van der Waals surface area contributed by atoms with Crippen molar-refractivity contribution in [2.75, 3.05) is 17.2 Å². The number of rotatable bonds is 4. The summed E-state index contributed by atoms with van der Waals surface area (Å²) in [6.07, 6.45) is 0. The van der Waals surface area contributed by atoms with E-state index < -0.39 is 0 Å². The van der Waals surface area contributed by atoms with Crippen LogP contribution in [-0.4, -0.2) is 21.5 Å². The van der Waals surface area contributed by atoms with Gasteiger partial charge in [0.15, 0.2) is 0 Å². The number of anilines is 3. The van der Waals surface area contributed by atoms with Gasteiger partial charge in [0, 0.05) is 11.0 Å². The van der Waals surface area contributed by atoms with Gasteiger partial charge in [-0.3, -0.25) is 0 Å². The second-order valence-electron chi connectivity index (χ2n) is 3.53. The monoisotopic (exact) mass is 361 g/mol. The van der Waals surface area contributed by atoms with Crippen molar-refractivity contribution in [1.82, 2.24) is 15.0 Å². The Labute approximate surface area is 128 Å². The van der Waals surface area contributed by atoms with Gasteiger partial charge in [-0.25, -0.2) is 0 Å². The van der Waals surface area contributed by atoms with E-state index in [1.807, 2.05) is 19.1 Å². The Balaban J connectivity index is 2.29.